The molecule has 3 aromatic carbocycles. The van der Waals surface area contributed by atoms with E-state index in [0.29, 0.717) is 23.5 Å². The highest BCUT2D eigenvalue weighted by Crippen LogP contribution is 2.48. The highest BCUT2D eigenvalue weighted by molar-refractivity contribution is 5.95. The van der Waals surface area contributed by atoms with Crippen LogP contribution in [0, 0.1) is 17.6 Å². The zero-order valence-corrected chi connectivity index (χ0v) is 19.9. The second-order valence-electron chi connectivity index (χ2n) is 9.29. The summed E-state index contributed by atoms with van der Waals surface area (Å²) in [6, 6.07) is 15.8. The molecule has 0 aromatic heterocycles. The normalized spacial score (nSPS) is 18.1. The van der Waals surface area contributed by atoms with Gasteiger partial charge in [-0.3, -0.25) is 4.90 Å². The first-order chi connectivity index (χ1) is 16.9. The van der Waals surface area contributed by atoms with E-state index in [9.17, 15) is 13.9 Å². The van der Waals surface area contributed by atoms with Crippen molar-refractivity contribution in [2.45, 2.75) is 26.4 Å². The zero-order valence-electron chi connectivity index (χ0n) is 19.9. The predicted octanol–water partition coefficient (Wildman–Crippen LogP) is 6.46. The average Bonchev–Trinajstić information content (AvgIpc) is 2.83. The fraction of sp³-hybridized carbons (Fsp3) is 0.310. The maximum atomic E-state index is 14.9. The van der Waals surface area contributed by atoms with E-state index in [1.807, 2.05) is 31.2 Å². The second kappa shape index (κ2) is 9.70. The molecule has 1 N–H and O–H groups in total. The molecule has 4 nitrogen and oxygen atoms in total. The molecule has 2 aliphatic rings. The first kappa shape index (κ1) is 23.4. The van der Waals surface area contributed by atoms with E-state index in [1.54, 1.807) is 18.2 Å². The number of hydrogen-bond donors (Lipinski definition) is 1. The number of nitrogens with zero attached hydrogens (tertiary/aromatic N) is 1. The number of likely N-dealkylation sites (tertiary alicyclic amines) is 1. The van der Waals surface area contributed by atoms with Gasteiger partial charge in [0.25, 0.3) is 0 Å². The van der Waals surface area contributed by atoms with E-state index in [4.69, 9.17) is 9.47 Å². The van der Waals surface area contributed by atoms with Crippen molar-refractivity contribution in [2.75, 3.05) is 26.2 Å². The van der Waals surface area contributed by atoms with Crippen molar-refractivity contribution in [3.8, 4) is 17.2 Å². The molecule has 182 valence electrons. The van der Waals surface area contributed by atoms with Gasteiger partial charge >= 0.3 is 0 Å². The van der Waals surface area contributed by atoms with E-state index in [0.717, 1.165) is 54.6 Å². The average molecular weight is 478 g/mol. The van der Waals surface area contributed by atoms with Crippen LogP contribution in [0.3, 0.4) is 0 Å². The van der Waals surface area contributed by atoms with Gasteiger partial charge in [0.2, 0.25) is 0 Å². The molecule has 0 spiro atoms. The minimum atomic E-state index is -0.649. The van der Waals surface area contributed by atoms with E-state index < -0.39 is 17.7 Å². The Labute approximate surface area is 204 Å². The van der Waals surface area contributed by atoms with Gasteiger partial charge in [0.1, 0.15) is 41.6 Å². The Bertz CT molecular complexity index is 1250. The van der Waals surface area contributed by atoms with Gasteiger partial charge in [-0.1, -0.05) is 25.5 Å². The second-order valence-corrected chi connectivity index (χ2v) is 9.29. The Balaban J connectivity index is 1.41. The Morgan fingerprint density at radius 1 is 1.00 bits per heavy atom. The lowest BCUT2D eigenvalue weighted by Gasteiger charge is -2.38. The molecule has 0 radical (unpaired) electrons. The van der Waals surface area contributed by atoms with Gasteiger partial charge in [0, 0.05) is 36.3 Å². The molecule has 6 heteroatoms. The Morgan fingerprint density at radius 3 is 2.51 bits per heavy atom. The summed E-state index contributed by atoms with van der Waals surface area (Å²) in [5.74, 6) is 1.15. The van der Waals surface area contributed by atoms with Crippen LogP contribution in [-0.4, -0.2) is 36.2 Å². The summed E-state index contributed by atoms with van der Waals surface area (Å²) in [6.45, 7) is 7.86. The molecule has 0 amide bonds. The standard InChI is InChI=1S/C29H29F2NO3/c1-3-19-16-32(17-19)12-13-34-23-8-4-20(5-9-23)29-28(25-14-21(30)6-10-26(25)31)18(2)24-15-22(33)7-11-27(24)35-29/h4-11,14-15,19,29,33H,3,12-13,16-17H2,1-2H3/t29-/m1/s1. The van der Waals surface area contributed by atoms with E-state index in [-0.39, 0.29) is 11.3 Å². The lowest BCUT2D eigenvalue weighted by molar-refractivity contribution is 0.0806. The minimum Gasteiger partial charge on any atom is -0.508 e. The van der Waals surface area contributed by atoms with Gasteiger partial charge < -0.3 is 14.6 Å². The highest BCUT2D eigenvalue weighted by atomic mass is 19.1. The van der Waals surface area contributed by atoms with Crippen LogP contribution in [0.2, 0.25) is 0 Å². The Hall–Kier alpha value is -3.38. The zero-order chi connectivity index (χ0) is 24.5. The molecule has 1 saturated heterocycles. The molecule has 3 aromatic rings. The predicted molar refractivity (Wildman–Crippen MR) is 132 cm³/mol. The third-order valence-corrected chi connectivity index (χ3v) is 6.97. The van der Waals surface area contributed by atoms with Crippen molar-refractivity contribution < 1.29 is 23.4 Å². The lowest BCUT2D eigenvalue weighted by Crippen LogP contribution is -2.47. The van der Waals surface area contributed by atoms with Crippen molar-refractivity contribution in [3.05, 3.63) is 89.0 Å². The summed E-state index contributed by atoms with van der Waals surface area (Å²) in [5.41, 5.74) is 2.83. The van der Waals surface area contributed by atoms with Gasteiger partial charge in [-0.05, 0) is 72.5 Å². The van der Waals surface area contributed by atoms with Crippen LogP contribution in [0.1, 0.15) is 43.1 Å². The Morgan fingerprint density at radius 2 is 1.77 bits per heavy atom. The van der Waals surface area contributed by atoms with Gasteiger partial charge in [0.15, 0.2) is 0 Å². The number of allylic oxidation sites excluding steroid dienone is 1. The smallest absolute Gasteiger partial charge is 0.150 e. The summed E-state index contributed by atoms with van der Waals surface area (Å²) in [7, 11) is 0. The number of hydrogen-bond acceptors (Lipinski definition) is 4. The molecule has 1 atom stereocenters. The van der Waals surface area contributed by atoms with Crippen LogP contribution in [0.25, 0.3) is 11.1 Å². The molecule has 0 aliphatic carbocycles. The van der Waals surface area contributed by atoms with Gasteiger partial charge in [-0.25, -0.2) is 8.78 Å². The molecule has 1 fully saturated rings. The van der Waals surface area contributed by atoms with Crippen LogP contribution in [0.15, 0.2) is 60.7 Å². The van der Waals surface area contributed by atoms with Crippen LogP contribution in [0.5, 0.6) is 17.2 Å². The summed E-state index contributed by atoms with van der Waals surface area (Å²) in [5, 5.41) is 10.00. The molecule has 0 unspecified atom stereocenters. The van der Waals surface area contributed by atoms with E-state index in [1.165, 1.54) is 12.5 Å². The maximum Gasteiger partial charge on any atom is 0.150 e. The Kier molecular flexibility index (Phi) is 6.48. The van der Waals surface area contributed by atoms with Gasteiger partial charge in [-0.15, -0.1) is 0 Å². The molecular weight excluding hydrogens is 448 g/mol. The van der Waals surface area contributed by atoms with Crippen molar-refractivity contribution in [2.24, 2.45) is 5.92 Å². The number of rotatable bonds is 7. The number of phenolic OH excluding ortho intramolecular Hbond substituents is 1. The first-order valence-corrected chi connectivity index (χ1v) is 12.0. The monoisotopic (exact) mass is 477 g/mol. The van der Waals surface area contributed by atoms with E-state index in [2.05, 4.69) is 11.8 Å². The fourth-order valence-electron chi connectivity index (χ4n) is 4.87. The highest BCUT2D eigenvalue weighted by Gasteiger charge is 2.31. The largest absolute Gasteiger partial charge is 0.508 e. The number of phenols is 1. The number of fused-ring (bicyclic) bond motifs is 1. The number of benzene rings is 3. The molecule has 2 aliphatic heterocycles. The topological polar surface area (TPSA) is 41.9 Å². The first-order valence-electron chi connectivity index (χ1n) is 12.0. The summed E-state index contributed by atoms with van der Waals surface area (Å²) < 4.78 is 41.2. The fourth-order valence-corrected chi connectivity index (χ4v) is 4.87. The van der Waals surface area contributed by atoms with Crippen molar-refractivity contribution in [1.29, 1.82) is 0 Å². The molecule has 35 heavy (non-hydrogen) atoms. The SMILES string of the molecule is CCC1CN(CCOc2ccc([C@H]3Oc4ccc(O)cc4C(C)=C3c3cc(F)ccc3F)cc2)C1. The third-order valence-electron chi connectivity index (χ3n) is 6.97. The molecule has 5 rings (SSSR count). The number of ether oxygens (including phenoxy) is 2. The van der Waals surface area contributed by atoms with E-state index >= 15 is 0 Å². The summed E-state index contributed by atoms with van der Waals surface area (Å²) in [4.78, 5) is 2.39. The minimum absolute atomic E-state index is 0.0779. The van der Waals surface area contributed by atoms with Crippen molar-refractivity contribution >= 4 is 11.1 Å². The van der Waals surface area contributed by atoms with Crippen LogP contribution in [-0.2, 0) is 0 Å². The summed E-state index contributed by atoms with van der Waals surface area (Å²) >= 11 is 0. The number of halogens is 2. The van der Waals surface area contributed by atoms with Crippen LogP contribution < -0.4 is 9.47 Å². The quantitative estimate of drug-likeness (QED) is 0.424. The van der Waals surface area contributed by atoms with Crippen molar-refractivity contribution in [3.63, 3.8) is 0 Å². The van der Waals surface area contributed by atoms with Gasteiger partial charge in [-0.2, -0.15) is 0 Å². The molecule has 2 heterocycles. The summed E-state index contributed by atoms with van der Waals surface area (Å²) in [6.07, 6.45) is 0.577. The lowest BCUT2D eigenvalue weighted by atomic mass is 9.86. The van der Waals surface area contributed by atoms with Crippen LogP contribution >= 0.6 is 0 Å². The molecule has 0 bridgehead atoms. The van der Waals surface area contributed by atoms with Crippen molar-refractivity contribution in [1.82, 2.24) is 4.90 Å². The number of aromatic hydroxyl groups is 1. The molecular formula is C29H29F2NO3. The third kappa shape index (κ3) is 4.76. The maximum absolute atomic E-state index is 14.9. The van der Waals surface area contributed by atoms with Crippen LogP contribution in [0.4, 0.5) is 8.78 Å². The molecule has 0 saturated carbocycles. The van der Waals surface area contributed by atoms with Gasteiger partial charge in [0.05, 0.1) is 0 Å².